The predicted molar refractivity (Wildman–Crippen MR) is 128 cm³/mol. The van der Waals surface area contributed by atoms with Crippen molar-refractivity contribution in [3.05, 3.63) is 72.8 Å². The molecule has 1 unspecified atom stereocenters. The molecule has 3 aromatic rings. The maximum Gasteiger partial charge on any atom is 0.240 e. The summed E-state index contributed by atoms with van der Waals surface area (Å²) in [5, 5.41) is 9.26. The van der Waals surface area contributed by atoms with Gasteiger partial charge in [0.25, 0.3) is 0 Å². The van der Waals surface area contributed by atoms with Crippen LogP contribution in [-0.4, -0.2) is 45.8 Å². The lowest BCUT2D eigenvalue weighted by Crippen LogP contribution is -2.38. The van der Waals surface area contributed by atoms with Crippen molar-refractivity contribution in [1.29, 1.82) is 0 Å². The van der Waals surface area contributed by atoms with E-state index in [4.69, 9.17) is 4.74 Å². The number of hydrogen-bond donors (Lipinski definition) is 0. The van der Waals surface area contributed by atoms with Gasteiger partial charge in [0.05, 0.1) is 12.7 Å². The molecule has 2 aromatic carbocycles. The Bertz CT molecular complexity index is 1060. The molecule has 0 aliphatic carbocycles. The van der Waals surface area contributed by atoms with Crippen molar-refractivity contribution in [3.63, 3.8) is 0 Å². The number of aromatic nitrogens is 3. The van der Waals surface area contributed by atoms with E-state index in [-0.39, 0.29) is 11.2 Å². The van der Waals surface area contributed by atoms with Crippen molar-refractivity contribution >= 4 is 17.7 Å². The molecular weight excluding hydrogens is 420 g/mol. The zero-order chi connectivity index (χ0) is 22.3. The molecule has 1 aromatic heterocycles. The summed E-state index contributed by atoms with van der Waals surface area (Å²) in [6, 6.07) is 17.7. The first kappa shape index (κ1) is 22.1. The Kier molecular flexibility index (Phi) is 7.27. The fourth-order valence-corrected chi connectivity index (χ4v) is 5.10. The third-order valence-electron chi connectivity index (χ3n) is 5.59. The average molecular weight is 449 g/mol. The molecule has 1 atom stereocenters. The van der Waals surface area contributed by atoms with Gasteiger partial charge in [-0.1, -0.05) is 60.3 Å². The summed E-state index contributed by atoms with van der Waals surface area (Å²) in [5.74, 6) is 1.56. The fraction of sp³-hybridized carbons (Fsp3) is 0.320. The van der Waals surface area contributed by atoms with Gasteiger partial charge in [0.1, 0.15) is 11.0 Å². The molecule has 6 nitrogen and oxygen atoms in total. The summed E-state index contributed by atoms with van der Waals surface area (Å²) in [6.07, 6.45) is 5.12. The lowest BCUT2D eigenvalue weighted by atomic mass is 10.1. The lowest BCUT2D eigenvalue weighted by molar-refractivity contribution is -0.131. The normalized spacial score (nSPS) is 14.7. The SMILES string of the molecule is C=CCn1c(SC(C(=O)N2CCCCC2)c2ccccc2)nnc1-c1ccccc1OC. The number of rotatable bonds is 8. The van der Waals surface area contributed by atoms with E-state index in [1.165, 1.54) is 18.2 Å². The second-order valence-electron chi connectivity index (χ2n) is 7.70. The number of carbonyl (C=O) groups excluding carboxylic acids is 1. The first-order chi connectivity index (χ1) is 15.7. The van der Waals surface area contributed by atoms with Gasteiger partial charge in [0, 0.05) is 19.6 Å². The van der Waals surface area contributed by atoms with Gasteiger partial charge in [0.15, 0.2) is 11.0 Å². The topological polar surface area (TPSA) is 60.2 Å². The van der Waals surface area contributed by atoms with Crippen LogP contribution in [0.25, 0.3) is 11.4 Å². The van der Waals surface area contributed by atoms with Crippen LogP contribution < -0.4 is 4.74 Å². The molecular formula is C25H28N4O2S. The summed E-state index contributed by atoms with van der Waals surface area (Å²) < 4.78 is 7.53. The Morgan fingerprint density at radius 3 is 2.53 bits per heavy atom. The standard InChI is InChI=1S/C25H28N4O2S/c1-3-16-29-23(20-14-8-9-15-21(20)31-2)26-27-25(29)32-22(19-12-6-4-7-13-19)24(30)28-17-10-5-11-18-28/h3-4,6-9,12-15,22H,1,5,10-11,16-18H2,2H3. The molecule has 0 saturated carbocycles. The molecule has 0 N–H and O–H groups in total. The molecule has 0 radical (unpaired) electrons. The quantitative estimate of drug-likeness (QED) is 0.359. The van der Waals surface area contributed by atoms with Gasteiger partial charge >= 0.3 is 0 Å². The van der Waals surface area contributed by atoms with E-state index in [0.29, 0.717) is 17.5 Å². The maximum absolute atomic E-state index is 13.6. The second kappa shape index (κ2) is 10.5. The molecule has 1 aliphatic rings. The number of nitrogens with zero attached hydrogens (tertiary/aromatic N) is 4. The Balaban J connectivity index is 1.71. The second-order valence-corrected chi connectivity index (χ2v) is 8.77. The van der Waals surface area contributed by atoms with Crippen LogP contribution in [0.3, 0.4) is 0 Å². The first-order valence-electron chi connectivity index (χ1n) is 10.9. The van der Waals surface area contributed by atoms with Gasteiger partial charge in [-0.25, -0.2) is 0 Å². The highest BCUT2D eigenvalue weighted by Crippen LogP contribution is 2.39. The number of benzene rings is 2. The van der Waals surface area contributed by atoms with Crippen molar-refractivity contribution < 1.29 is 9.53 Å². The Morgan fingerprint density at radius 2 is 1.81 bits per heavy atom. The van der Waals surface area contributed by atoms with Crippen LogP contribution >= 0.6 is 11.8 Å². The highest BCUT2D eigenvalue weighted by Gasteiger charge is 2.30. The van der Waals surface area contributed by atoms with E-state index in [2.05, 4.69) is 16.8 Å². The Hall–Kier alpha value is -3.06. The molecule has 1 fully saturated rings. The van der Waals surface area contributed by atoms with E-state index in [0.717, 1.165) is 42.8 Å². The molecule has 1 aliphatic heterocycles. The van der Waals surface area contributed by atoms with Crippen LogP contribution in [0.1, 0.15) is 30.1 Å². The maximum atomic E-state index is 13.6. The van der Waals surface area contributed by atoms with Crippen molar-refractivity contribution in [2.75, 3.05) is 20.2 Å². The highest BCUT2D eigenvalue weighted by molar-refractivity contribution is 8.00. The monoisotopic (exact) mass is 448 g/mol. The molecule has 7 heteroatoms. The van der Waals surface area contributed by atoms with E-state index >= 15 is 0 Å². The van der Waals surface area contributed by atoms with Gasteiger partial charge in [-0.3, -0.25) is 9.36 Å². The third kappa shape index (κ3) is 4.72. The van der Waals surface area contributed by atoms with Crippen LogP contribution in [0.5, 0.6) is 5.75 Å². The Labute approximate surface area is 193 Å². The molecule has 0 spiro atoms. The summed E-state index contributed by atoms with van der Waals surface area (Å²) in [6.45, 7) is 6.07. The molecule has 1 saturated heterocycles. The summed E-state index contributed by atoms with van der Waals surface area (Å²) in [7, 11) is 1.64. The number of hydrogen-bond acceptors (Lipinski definition) is 5. The van der Waals surface area contributed by atoms with Gasteiger partial charge in [-0.15, -0.1) is 16.8 Å². The number of piperidine rings is 1. The van der Waals surface area contributed by atoms with Crippen LogP contribution in [-0.2, 0) is 11.3 Å². The van der Waals surface area contributed by atoms with Crippen LogP contribution in [0.4, 0.5) is 0 Å². The van der Waals surface area contributed by atoms with Crippen molar-refractivity contribution in [3.8, 4) is 17.1 Å². The van der Waals surface area contributed by atoms with Crippen molar-refractivity contribution in [1.82, 2.24) is 19.7 Å². The first-order valence-corrected chi connectivity index (χ1v) is 11.8. The van der Waals surface area contributed by atoms with Crippen LogP contribution in [0.2, 0.25) is 0 Å². The minimum Gasteiger partial charge on any atom is -0.496 e. The number of thioether (sulfide) groups is 1. The van der Waals surface area contributed by atoms with Crippen molar-refractivity contribution in [2.24, 2.45) is 0 Å². The van der Waals surface area contributed by atoms with E-state index in [1.807, 2.05) is 70.1 Å². The lowest BCUT2D eigenvalue weighted by Gasteiger charge is -2.30. The minimum atomic E-state index is -0.382. The zero-order valence-electron chi connectivity index (χ0n) is 18.3. The summed E-state index contributed by atoms with van der Waals surface area (Å²) in [4.78, 5) is 15.5. The number of allylic oxidation sites excluding steroid dienone is 1. The number of ether oxygens (including phenoxy) is 1. The summed E-state index contributed by atoms with van der Waals surface area (Å²) >= 11 is 1.45. The van der Waals surface area contributed by atoms with Gasteiger partial charge in [-0.2, -0.15) is 0 Å². The average Bonchev–Trinajstić information content (AvgIpc) is 3.25. The zero-order valence-corrected chi connectivity index (χ0v) is 19.1. The van der Waals surface area contributed by atoms with Gasteiger partial charge in [0.2, 0.25) is 5.91 Å². The van der Waals surface area contributed by atoms with Gasteiger partial charge < -0.3 is 9.64 Å². The number of methoxy groups -OCH3 is 1. The number of para-hydroxylation sites is 1. The van der Waals surface area contributed by atoms with Crippen LogP contribution in [0.15, 0.2) is 72.4 Å². The largest absolute Gasteiger partial charge is 0.496 e. The van der Waals surface area contributed by atoms with Gasteiger partial charge in [-0.05, 0) is 37.0 Å². The number of likely N-dealkylation sites (tertiary alicyclic amines) is 1. The van der Waals surface area contributed by atoms with Crippen molar-refractivity contribution in [2.45, 2.75) is 36.2 Å². The van der Waals surface area contributed by atoms with E-state index < -0.39 is 0 Å². The number of amides is 1. The minimum absolute atomic E-state index is 0.132. The molecule has 2 heterocycles. The Morgan fingerprint density at radius 1 is 1.09 bits per heavy atom. The van der Waals surface area contributed by atoms with E-state index in [1.54, 1.807) is 7.11 Å². The molecule has 4 rings (SSSR count). The third-order valence-corrected chi connectivity index (χ3v) is 6.82. The highest BCUT2D eigenvalue weighted by atomic mass is 32.2. The summed E-state index contributed by atoms with van der Waals surface area (Å²) in [5.41, 5.74) is 1.83. The fourth-order valence-electron chi connectivity index (χ4n) is 3.97. The van der Waals surface area contributed by atoms with Crippen LogP contribution in [0, 0.1) is 0 Å². The smallest absolute Gasteiger partial charge is 0.240 e. The molecule has 0 bridgehead atoms. The molecule has 32 heavy (non-hydrogen) atoms. The van der Waals surface area contributed by atoms with E-state index in [9.17, 15) is 4.79 Å². The molecule has 1 amide bonds. The predicted octanol–water partition coefficient (Wildman–Crippen LogP) is 4.99. The molecule has 166 valence electrons. The number of carbonyl (C=O) groups is 1.